The number of nitrogens with zero attached hydrogens (tertiary/aromatic N) is 3. The Morgan fingerprint density at radius 2 is 1.48 bits per heavy atom. The lowest BCUT2D eigenvalue weighted by atomic mass is 10.0. The molecule has 2 unspecified atom stereocenters. The Labute approximate surface area is 143 Å². The molecule has 3 nitrogen and oxygen atoms in total. The van der Waals surface area contributed by atoms with E-state index in [2.05, 4.69) is 71.6 Å². The number of hydrogen-bond donors (Lipinski definition) is 0. The molecule has 1 aromatic heterocycles. The van der Waals surface area contributed by atoms with Gasteiger partial charge in [-0.1, -0.05) is 27.7 Å². The van der Waals surface area contributed by atoms with Crippen LogP contribution in [-0.4, -0.2) is 33.8 Å². The van der Waals surface area contributed by atoms with Crippen molar-refractivity contribution in [3.8, 4) is 0 Å². The van der Waals surface area contributed by atoms with Gasteiger partial charge in [0.2, 0.25) is 0 Å². The van der Waals surface area contributed by atoms with Crippen LogP contribution in [0.1, 0.15) is 72.9 Å². The van der Waals surface area contributed by atoms with E-state index in [1.807, 2.05) is 10.9 Å². The molecule has 132 valence electrons. The number of piperidine rings is 1. The summed E-state index contributed by atoms with van der Waals surface area (Å²) in [5.41, 5.74) is 1.32. The number of likely N-dealkylation sites (tertiary alicyclic amines) is 1. The molecule has 1 aliphatic carbocycles. The highest BCUT2D eigenvalue weighted by molar-refractivity contribution is 5.09. The lowest BCUT2D eigenvalue weighted by molar-refractivity contribution is 0.222. The number of rotatable bonds is 4. The van der Waals surface area contributed by atoms with Crippen LogP contribution in [0.3, 0.4) is 0 Å². The van der Waals surface area contributed by atoms with E-state index in [4.69, 9.17) is 0 Å². The highest BCUT2D eigenvalue weighted by atomic mass is 15.3. The summed E-state index contributed by atoms with van der Waals surface area (Å²) in [6, 6.07) is 1.24. The van der Waals surface area contributed by atoms with Gasteiger partial charge in [-0.15, -0.1) is 0 Å². The molecule has 2 fully saturated rings. The Kier molecular flexibility index (Phi) is 5.94. The van der Waals surface area contributed by atoms with E-state index in [9.17, 15) is 0 Å². The summed E-state index contributed by atoms with van der Waals surface area (Å²) in [6.07, 6.45) is 4.07. The van der Waals surface area contributed by atoms with Crippen LogP contribution < -0.4 is 0 Å². The van der Waals surface area contributed by atoms with Crippen LogP contribution in [0.25, 0.3) is 0 Å². The van der Waals surface area contributed by atoms with Crippen LogP contribution in [0.5, 0.6) is 0 Å². The molecule has 0 N–H and O–H groups in total. The van der Waals surface area contributed by atoms with Gasteiger partial charge in [-0.2, -0.15) is 5.10 Å². The predicted molar refractivity (Wildman–Crippen MR) is 98.7 cm³/mol. The lowest BCUT2D eigenvalue weighted by Gasteiger charge is -2.24. The van der Waals surface area contributed by atoms with Gasteiger partial charge in [-0.3, -0.25) is 4.68 Å². The van der Waals surface area contributed by atoms with E-state index in [1.54, 1.807) is 0 Å². The third kappa shape index (κ3) is 4.37. The summed E-state index contributed by atoms with van der Waals surface area (Å²) < 4.78 is 2.00. The van der Waals surface area contributed by atoms with Crippen LogP contribution in [0.15, 0.2) is 12.4 Å². The maximum Gasteiger partial charge on any atom is 0.0524 e. The molecular formula is C20H37N3. The fraction of sp³-hybridized carbons (Fsp3) is 0.850. The standard InChI is InChI=1S/C11H21N.C9H16N2/c1-7(2)11-9-5-12(8(3)4)6-10(9)11;1-7(2)9-5-10-11(6-9)8(3)4/h7-11H,5-6H2,1-4H3;5-8H,1-4H3. The first kappa shape index (κ1) is 18.5. The molecule has 1 aromatic rings. The predicted octanol–water partition coefficient (Wildman–Crippen LogP) is 4.82. The third-order valence-electron chi connectivity index (χ3n) is 5.61. The second-order valence-electron chi connectivity index (χ2n) is 8.70. The first-order valence-electron chi connectivity index (χ1n) is 9.50. The molecule has 0 bridgehead atoms. The van der Waals surface area contributed by atoms with Crippen molar-refractivity contribution in [2.75, 3.05) is 13.1 Å². The van der Waals surface area contributed by atoms with E-state index in [1.165, 1.54) is 18.7 Å². The van der Waals surface area contributed by atoms with Crippen molar-refractivity contribution >= 4 is 0 Å². The van der Waals surface area contributed by atoms with Crippen molar-refractivity contribution in [2.24, 2.45) is 23.7 Å². The molecule has 2 aliphatic rings. The van der Waals surface area contributed by atoms with Gasteiger partial charge in [0.25, 0.3) is 0 Å². The minimum absolute atomic E-state index is 0.475. The summed E-state index contributed by atoms with van der Waals surface area (Å²) in [5, 5.41) is 4.25. The van der Waals surface area contributed by atoms with Gasteiger partial charge in [0.15, 0.2) is 0 Å². The van der Waals surface area contributed by atoms with Crippen molar-refractivity contribution in [3.63, 3.8) is 0 Å². The normalized spacial score (nSPS) is 26.9. The van der Waals surface area contributed by atoms with Crippen molar-refractivity contribution in [1.29, 1.82) is 0 Å². The Morgan fingerprint density at radius 1 is 0.913 bits per heavy atom. The first-order chi connectivity index (χ1) is 10.7. The van der Waals surface area contributed by atoms with Crippen molar-refractivity contribution in [2.45, 2.75) is 73.4 Å². The van der Waals surface area contributed by atoms with Crippen LogP contribution >= 0.6 is 0 Å². The summed E-state index contributed by atoms with van der Waals surface area (Å²) >= 11 is 0. The SMILES string of the molecule is CC(C)C1C2CN(C(C)C)CC21.CC(C)c1cnn(C(C)C)c1. The number of fused-ring (bicyclic) bond motifs is 1. The van der Waals surface area contributed by atoms with Crippen molar-refractivity contribution < 1.29 is 0 Å². The second-order valence-corrected chi connectivity index (χ2v) is 8.70. The molecule has 0 amide bonds. The largest absolute Gasteiger partial charge is 0.300 e. The van der Waals surface area contributed by atoms with E-state index in [-0.39, 0.29) is 0 Å². The molecule has 1 aliphatic heterocycles. The zero-order chi connectivity index (χ0) is 17.3. The second kappa shape index (κ2) is 7.38. The summed E-state index contributed by atoms with van der Waals surface area (Å²) in [6.45, 7) is 20.8. The summed E-state index contributed by atoms with van der Waals surface area (Å²) in [4.78, 5) is 2.63. The Bertz CT molecular complexity index is 446. The molecule has 23 heavy (non-hydrogen) atoms. The molecule has 0 radical (unpaired) electrons. The average Bonchev–Trinajstić information content (AvgIpc) is 2.85. The van der Waals surface area contributed by atoms with E-state index >= 15 is 0 Å². The third-order valence-corrected chi connectivity index (χ3v) is 5.61. The Hall–Kier alpha value is -0.830. The smallest absolute Gasteiger partial charge is 0.0524 e. The lowest BCUT2D eigenvalue weighted by Crippen LogP contribution is -2.31. The monoisotopic (exact) mass is 319 g/mol. The molecule has 0 spiro atoms. The van der Waals surface area contributed by atoms with Crippen molar-refractivity contribution in [3.05, 3.63) is 18.0 Å². The Morgan fingerprint density at radius 3 is 1.78 bits per heavy atom. The summed E-state index contributed by atoms with van der Waals surface area (Å²) in [7, 11) is 0. The van der Waals surface area contributed by atoms with E-state index in [0.717, 1.165) is 29.7 Å². The van der Waals surface area contributed by atoms with Crippen LogP contribution in [-0.2, 0) is 0 Å². The molecule has 3 heteroatoms. The first-order valence-corrected chi connectivity index (χ1v) is 9.50. The van der Waals surface area contributed by atoms with Gasteiger partial charge < -0.3 is 4.90 Å². The molecule has 2 heterocycles. The molecular weight excluding hydrogens is 282 g/mol. The fourth-order valence-electron chi connectivity index (χ4n) is 3.95. The molecule has 1 saturated carbocycles. The zero-order valence-corrected chi connectivity index (χ0v) is 16.5. The van der Waals surface area contributed by atoms with Gasteiger partial charge in [0, 0.05) is 31.4 Å². The molecule has 3 rings (SSSR count). The maximum atomic E-state index is 4.25. The van der Waals surface area contributed by atoms with Gasteiger partial charge in [-0.05, 0) is 62.8 Å². The number of aromatic nitrogens is 2. The fourth-order valence-corrected chi connectivity index (χ4v) is 3.95. The van der Waals surface area contributed by atoms with Gasteiger partial charge in [0.05, 0.1) is 6.20 Å². The van der Waals surface area contributed by atoms with Crippen LogP contribution in [0.2, 0.25) is 0 Å². The zero-order valence-electron chi connectivity index (χ0n) is 16.5. The maximum absolute atomic E-state index is 4.25. The van der Waals surface area contributed by atoms with Crippen LogP contribution in [0, 0.1) is 23.7 Å². The average molecular weight is 320 g/mol. The minimum Gasteiger partial charge on any atom is -0.300 e. The van der Waals surface area contributed by atoms with Gasteiger partial charge in [0.1, 0.15) is 0 Å². The topological polar surface area (TPSA) is 21.1 Å². The summed E-state index contributed by atoms with van der Waals surface area (Å²) in [5.74, 6) is 4.71. The molecule has 2 atom stereocenters. The van der Waals surface area contributed by atoms with Crippen molar-refractivity contribution in [1.82, 2.24) is 14.7 Å². The number of hydrogen-bond acceptors (Lipinski definition) is 2. The minimum atomic E-state index is 0.475. The molecule has 1 saturated heterocycles. The molecule has 0 aromatic carbocycles. The Balaban J connectivity index is 0.000000168. The van der Waals surface area contributed by atoms with Gasteiger partial charge >= 0.3 is 0 Å². The quantitative estimate of drug-likeness (QED) is 0.793. The van der Waals surface area contributed by atoms with E-state index < -0.39 is 0 Å². The van der Waals surface area contributed by atoms with Gasteiger partial charge in [-0.25, -0.2) is 0 Å². The highest BCUT2D eigenvalue weighted by Gasteiger charge is 2.56. The van der Waals surface area contributed by atoms with Crippen LogP contribution in [0.4, 0.5) is 0 Å². The highest BCUT2D eigenvalue weighted by Crippen LogP contribution is 2.55. The van der Waals surface area contributed by atoms with E-state index in [0.29, 0.717) is 12.0 Å².